The number of aromatic nitrogens is 4. The summed E-state index contributed by atoms with van der Waals surface area (Å²) in [4.78, 5) is 39.1. The molecular formula is C9H9BrN4O3. The molecule has 0 amide bonds. The second kappa shape index (κ2) is 3.66. The van der Waals surface area contributed by atoms with Gasteiger partial charge in [0.25, 0.3) is 5.56 Å². The fourth-order valence-corrected chi connectivity index (χ4v) is 2.25. The van der Waals surface area contributed by atoms with E-state index in [0.717, 1.165) is 9.13 Å². The number of halogens is 1. The molecule has 0 fully saturated rings. The van der Waals surface area contributed by atoms with E-state index in [1.165, 1.54) is 25.6 Å². The van der Waals surface area contributed by atoms with Crippen LogP contribution in [-0.2, 0) is 14.1 Å². The van der Waals surface area contributed by atoms with Crippen molar-refractivity contribution in [2.75, 3.05) is 0 Å². The van der Waals surface area contributed by atoms with Crippen LogP contribution in [0.25, 0.3) is 11.2 Å². The molecular weight excluding hydrogens is 292 g/mol. The van der Waals surface area contributed by atoms with E-state index in [-0.39, 0.29) is 21.8 Å². The molecule has 0 atom stereocenters. The summed E-state index contributed by atoms with van der Waals surface area (Å²) in [5.41, 5.74) is -0.756. The van der Waals surface area contributed by atoms with Crippen LogP contribution in [-0.4, -0.2) is 24.6 Å². The third-order valence-corrected chi connectivity index (χ3v) is 3.06. The zero-order valence-electron chi connectivity index (χ0n) is 9.39. The van der Waals surface area contributed by atoms with Crippen LogP contribution in [0.1, 0.15) is 11.7 Å². The van der Waals surface area contributed by atoms with Crippen molar-refractivity contribution < 1.29 is 4.79 Å². The van der Waals surface area contributed by atoms with Crippen LogP contribution in [0.4, 0.5) is 0 Å². The first-order valence-electron chi connectivity index (χ1n) is 4.71. The molecule has 0 unspecified atom stereocenters. The van der Waals surface area contributed by atoms with E-state index in [1.807, 2.05) is 0 Å². The highest BCUT2D eigenvalue weighted by Crippen LogP contribution is 2.15. The number of carbonyl (C=O) groups excluding carboxylic acids is 1. The maximum atomic E-state index is 12.0. The molecule has 2 aromatic rings. The molecule has 0 saturated heterocycles. The molecule has 0 aliphatic carbocycles. The summed E-state index contributed by atoms with van der Waals surface area (Å²) in [7, 11) is 2.85. The molecule has 90 valence electrons. The molecule has 8 heteroatoms. The number of fused-ring (bicyclic) bond motifs is 1. The highest BCUT2D eigenvalue weighted by Gasteiger charge is 2.19. The van der Waals surface area contributed by atoms with Crippen LogP contribution >= 0.6 is 15.9 Å². The summed E-state index contributed by atoms with van der Waals surface area (Å²) in [5, 5.41) is 0. The molecule has 2 heterocycles. The Hall–Kier alpha value is -1.70. The summed E-state index contributed by atoms with van der Waals surface area (Å²) in [6.07, 6.45) is 0. The molecule has 0 aliphatic rings. The van der Waals surface area contributed by atoms with Crippen molar-refractivity contribution in [3.8, 4) is 0 Å². The topological polar surface area (TPSA) is 78.9 Å². The largest absolute Gasteiger partial charge is 0.332 e. The Morgan fingerprint density at radius 3 is 2.35 bits per heavy atom. The van der Waals surface area contributed by atoms with Gasteiger partial charge in [0.1, 0.15) is 0 Å². The van der Waals surface area contributed by atoms with E-state index in [0.29, 0.717) is 0 Å². The normalized spacial score (nSPS) is 11.1. The van der Waals surface area contributed by atoms with Gasteiger partial charge in [0, 0.05) is 21.0 Å². The van der Waals surface area contributed by atoms with Gasteiger partial charge in [-0.15, -0.1) is 0 Å². The minimum atomic E-state index is -0.545. The van der Waals surface area contributed by atoms with Crippen LogP contribution in [0, 0.1) is 0 Å². The molecule has 0 aliphatic heterocycles. The number of hydrogen-bond donors (Lipinski definition) is 0. The van der Waals surface area contributed by atoms with E-state index in [1.54, 1.807) is 0 Å². The van der Waals surface area contributed by atoms with Gasteiger partial charge >= 0.3 is 5.69 Å². The average molecular weight is 301 g/mol. The minimum Gasteiger partial charge on any atom is -0.279 e. The molecule has 2 aromatic heterocycles. The third kappa shape index (κ3) is 1.47. The first-order valence-corrected chi connectivity index (χ1v) is 5.50. The van der Waals surface area contributed by atoms with Crippen LogP contribution in [0.2, 0.25) is 0 Å². The van der Waals surface area contributed by atoms with E-state index in [9.17, 15) is 14.4 Å². The predicted octanol–water partition coefficient (Wildman–Crippen LogP) is -0.144. The van der Waals surface area contributed by atoms with E-state index < -0.39 is 11.2 Å². The van der Waals surface area contributed by atoms with Crippen molar-refractivity contribution in [3.63, 3.8) is 0 Å². The number of aryl methyl sites for hydroxylation is 1. The molecule has 0 spiro atoms. The quantitative estimate of drug-likeness (QED) is 0.634. The van der Waals surface area contributed by atoms with Crippen molar-refractivity contribution in [2.45, 2.75) is 6.92 Å². The van der Waals surface area contributed by atoms with Gasteiger partial charge in [0.05, 0.1) is 0 Å². The molecule has 0 bridgehead atoms. The average Bonchev–Trinajstić information content (AvgIpc) is 2.61. The Morgan fingerprint density at radius 2 is 1.82 bits per heavy atom. The first kappa shape index (κ1) is 11.8. The predicted molar refractivity (Wildman–Crippen MR) is 64.2 cm³/mol. The summed E-state index contributed by atoms with van der Waals surface area (Å²) < 4.78 is 3.51. The summed E-state index contributed by atoms with van der Waals surface area (Å²) in [5.74, 6) is -0.352. The smallest absolute Gasteiger partial charge is 0.279 e. The van der Waals surface area contributed by atoms with Gasteiger partial charge in [-0.25, -0.2) is 14.3 Å². The Labute approximate surface area is 103 Å². The van der Waals surface area contributed by atoms with Gasteiger partial charge in [-0.05, 0) is 15.9 Å². The summed E-state index contributed by atoms with van der Waals surface area (Å²) in [6, 6.07) is 0. The highest BCUT2D eigenvalue weighted by molar-refractivity contribution is 9.10. The van der Waals surface area contributed by atoms with Gasteiger partial charge in [-0.3, -0.25) is 18.7 Å². The maximum absolute atomic E-state index is 12.0. The SMILES string of the molecule is CC(=O)n1c(Br)nc2c1c(=O)n(C)c(=O)n2C. The lowest BCUT2D eigenvalue weighted by atomic mass is 10.5. The zero-order valence-corrected chi connectivity index (χ0v) is 11.0. The van der Waals surface area contributed by atoms with Crippen LogP contribution < -0.4 is 11.2 Å². The van der Waals surface area contributed by atoms with Gasteiger partial charge in [0.2, 0.25) is 5.91 Å². The zero-order chi connectivity index (χ0) is 12.9. The van der Waals surface area contributed by atoms with Crippen LogP contribution in [0.15, 0.2) is 14.3 Å². The fraction of sp³-hybridized carbons (Fsp3) is 0.333. The van der Waals surface area contributed by atoms with Gasteiger partial charge < -0.3 is 0 Å². The Kier molecular flexibility index (Phi) is 2.53. The van der Waals surface area contributed by atoms with Crippen molar-refractivity contribution >= 4 is 33.0 Å². The molecule has 0 N–H and O–H groups in total. The van der Waals surface area contributed by atoms with E-state index in [2.05, 4.69) is 20.9 Å². The molecule has 17 heavy (non-hydrogen) atoms. The van der Waals surface area contributed by atoms with Crippen LogP contribution in [0.3, 0.4) is 0 Å². The van der Waals surface area contributed by atoms with Gasteiger partial charge in [0.15, 0.2) is 15.9 Å². The van der Waals surface area contributed by atoms with E-state index >= 15 is 0 Å². The maximum Gasteiger partial charge on any atom is 0.332 e. The number of carbonyl (C=O) groups is 1. The van der Waals surface area contributed by atoms with Crippen LogP contribution in [0.5, 0.6) is 0 Å². The number of hydrogen-bond acceptors (Lipinski definition) is 4. The lowest BCUT2D eigenvalue weighted by Gasteiger charge is -2.03. The first-order chi connectivity index (χ1) is 7.86. The molecule has 2 rings (SSSR count). The Morgan fingerprint density at radius 1 is 1.24 bits per heavy atom. The molecule has 0 saturated carbocycles. The lowest BCUT2D eigenvalue weighted by Crippen LogP contribution is -2.37. The molecule has 0 radical (unpaired) electrons. The van der Waals surface area contributed by atoms with Crippen molar-refractivity contribution in [1.29, 1.82) is 0 Å². The van der Waals surface area contributed by atoms with E-state index in [4.69, 9.17) is 0 Å². The number of nitrogens with zero attached hydrogens (tertiary/aromatic N) is 4. The summed E-state index contributed by atoms with van der Waals surface area (Å²) >= 11 is 3.10. The molecule has 7 nitrogen and oxygen atoms in total. The van der Waals surface area contributed by atoms with Crippen molar-refractivity contribution in [2.24, 2.45) is 14.1 Å². The fourth-order valence-electron chi connectivity index (χ4n) is 1.66. The van der Waals surface area contributed by atoms with Gasteiger partial charge in [-0.1, -0.05) is 0 Å². The van der Waals surface area contributed by atoms with Crippen molar-refractivity contribution in [1.82, 2.24) is 18.7 Å². The third-order valence-electron chi connectivity index (χ3n) is 2.53. The van der Waals surface area contributed by atoms with Gasteiger partial charge in [-0.2, -0.15) is 0 Å². The minimum absolute atomic E-state index is 0.0916. The number of imidazole rings is 1. The summed E-state index contributed by atoms with van der Waals surface area (Å²) in [6.45, 7) is 1.32. The monoisotopic (exact) mass is 300 g/mol. The Balaban J connectivity index is 3.19. The standard InChI is InChI=1S/C9H9BrN4O3/c1-4(15)14-5-6(11-8(14)10)12(2)9(17)13(3)7(5)16/h1-3H3. The van der Waals surface area contributed by atoms with Crippen molar-refractivity contribution in [3.05, 3.63) is 25.6 Å². The second-order valence-electron chi connectivity index (χ2n) is 3.61. The Bertz CT molecular complexity index is 752. The highest BCUT2D eigenvalue weighted by atomic mass is 79.9. The lowest BCUT2D eigenvalue weighted by molar-refractivity contribution is 0.0938. The second-order valence-corrected chi connectivity index (χ2v) is 4.32. The molecule has 0 aromatic carbocycles. The number of rotatable bonds is 0.